The molecule has 0 amide bonds. The van der Waals surface area contributed by atoms with Crippen LogP contribution in [0.15, 0.2) is 0 Å². The van der Waals surface area contributed by atoms with Crippen molar-refractivity contribution in [1.82, 2.24) is 5.32 Å². The van der Waals surface area contributed by atoms with E-state index in [4.69, 9.17) is 9.47 Å². The molecule has 0 rings (SSSR count). The molecule has 1 N–H and O–H groups in total. The van der Waals surface area contributed by atoms with E-state index in [1.807, 2.05) is 6.92 Å². The number of unbranched alkanes of at least 4 members (excludes halogenated alkanes) is 1. The van der Waals surface area contributed by atoms with Gasteiger partial charge in [0.25, 0.3) is 0 Å². The molecule has 14 heavy (non-hydrogen) atoms. The van der Waals surface area contributed by atoms with E-state index >= 15 is 0 Å². The van der Waals surface area contributed by atoms with Crippen LogP contribution >= 0.6 is 0 Å². The zero-order valence-corrected chi connectivity index (χ0v) is 9.84. The Hall–Kier alpha value is -0.120. The van der Waals surface area contributed by atoms with Crippen molar-refractivity contribution < 1.29 is 9.47 Å². The highest BCUT2D eigenvalue weighted by atomic mass is 16.5. The molecule has 0 aromatic carbocycles. The fourth-order valence-electron chi connectivity index (χ4n) is 1.12. The Labute approximate surface area is 88.2 Å². The van der Waals surface area contributed by atoms with Gasteiger partial charge in [-0.3, -0.25) is 0 Å². The van der Waals surface area contributed by atoms with Crippen molar-refractivity contribution >= 4 is 0 Å². The minimum Gasteiger partial charge on any atom is -0.379 e. The van der Waals surface area contributed by atoms with Gasteiger partial charge in [-0.1, -0.05) is 13.3 Å². The summed E-state index contributed by atoms with van der Waals surface area (Å²) in [6, 6.07) is 0. The molecular weight excluding hydrogens is 178 g/mol. The van der Waals surface area contributed by atoms with Gasteiger partial charge >= 0.3 is 0 Å². The van der Waals surface area contributed by atoms with Crippen molar-refractivity contribution in [1.29, 1.82) is 0 Å². The zero-order valence-electron chi connectivity index (χ0n) is 9.84. The molecular formula is C11H25NO2. The maximum Gasteiger partial charge on any atom is 0.0704 e. The van der Waals surface area contributed by atoms with E-state index < -0.39 is 0 Å². The highest BCUT2D eigenvalue weighted by Gasteiger charge is 2.00. The Kier molecular flexibility index (Phi) is 10.9. The average molecular weight is 203 g/mol. The summed E-state index contributed by atoms with van der Waals surface area (Å²) in [6.45, 7) is 10.5. The van der Waals surface area contributed by atoms with Gasteiger partial charge in [-0.05, 0) is 26.8 Å². The lowest BCUT2D eigenvalue weighted by Crippen LogP contribution is -2.28. The molecule has 0 fully saturated rings. The van der Waals surface area contributed by atoms with Gasteiger partial charge in [-0.25, -0.2) is 0 Å². The van der Waals surface area contributed by atoms with Gasteiger partial charge in [0.2, 0.25) is 0 Å². The van der Waals surface area contributed by atoms with Crippen molar-refractivity contribution in [3.05, 3.63) is 0 Å². The molecule has 0 aromatic heterocycles. The number of ether oxygens (including phenoxy) is 2. The van der Waals surface area contributed by atoms with Crippen LogP contribution in [0.3, 0.4) is 0 Å². The molecule has 0 aliphatic heterocycles. The molecule has 0 radical (unpaired) electrons. The summed E-state index contributed by atoms with van der Waals surface area (Å²) in [6.07, 6.45) is 2.77. The molecule has 3 nitrogen and oxygen atoms in total. The van der Waals surface area contributed by atoms with Gasteiger partial charge in [-0.15, -0.1) is 0 Å². The second-order valence-corrected chi connectivity index (χ2v) is 3.44. The minimum atomic E-state index is 0.285. The number of hydrogen-bond donors (Lipinski definition) is 1. The van der Waals surface area contributed by atoms with Crippen molar-refractivity contribution in [2.45, 2.75) is 39.7 Å². The van der Waals surface area contributed by atoms with Gasteiger partial charge in [0.15, 0.2) is 0 Å². The molecule has 1 unspecified atom stereocenters. The van der Waals surface area contributed by atoms with Gasteiger partial charge in [0, 0.05) is 13.2 Å². The Balaban J connectivity index is 3.07. The van der Waals surface area contributed by atoms with E-state index in [0.29, 0.717) is 13.2 Å². The predicted octanol–water partition coefficient (Wildman–Crippen LogP) is 1.82. The van der Waals surface area contributed by atoms with E-state index in [1.54, 1.807) is 0 Å². The lowest BCUT2D eigenvalue weighted by atomic mass is 10.3. The van der Waals surface area contributed by atoms with Crippen LogP contribution < -0.4 is 5.32 Å². The van der Waals surface area contributed by atoms with Crippen molar-refractivity contribution in [2.75, 3.05) is 32.9 Å². The van der Waals surface area contributed by atoms with Crippen molar-refractivity contribution in [3.8, 4) is 0 Å². The molecule has 0 spiro atoms. The molecule has 1 atom stereocenters. The Morgan fingerprint density at radius 2 is 2.00 bits per heavy atom. The zero-order chi connectivity index (χ0) is 10.6. The lowest BCUT2D eigenvalue weighted by molar-refractivity contribution is 0.0159. The van der Waals surface area contributed by atoms with E-state index in [9.17, 15) is 0 Å². The maximum atomic E-state index is 5.54. The van der Waals surface area contributed by atoms with Crippen LogP contribution in [0, 0.1) is 0 Å². The molecule has 0 aliphatic carbocycles. The summed E-state index contributed by atoms with van der Waals surface area (Å²) in [5.74, 6) is 0. The maximum absolute atomic E-state index is 5.54. The standard InChI is InChI=1S/C11H25NO2/c1-4-6-7-12-10-11(3)14-9-8-13-5-2/h11-12H,4-10H2,1-3H3. The molecule has 0 aromatic rings. The van der Waals surface area contributed by atoms with E-state index in [2.05, 4.69) is 19.2 Å². The topological polar surface area (TPSA) is 30.5 Å². The average Bonchev–Trinajstić information content (AvgIpc) is 2.19. The quantitative estimate of drug-likeness (QED) is 0.549. The Morgan fingerprint density at radius 3 is 2.64 bits per heavy atom. The third-order valence-electron chi connectivity index (χ3n) is 1.97. The molecule has 0 bridgehead atoms. The fraction of sp³-hybridized carbons (Fsp3) is 1.00. The van der Waals surface area contributed by atoms with Crippen LogP contribution in [0.25, 0.3) is 0 Å². The van der Waals surface area contributed by atoms with Crippen LogP contribution in [0.2, 0.25) is 0 Å². The number of hydrogen-bond acceptors (Lipinski definition) is 3. The van der Waals surface area contributed by atoms with Crippen LogP contribution in [0.1, 0.15) is 33.6 Å². The van der Waals surface area contributed by atoms with E-state index in [1.165, 1.54) is 12.8 Å². The summed E-state index contributed by atoms with van der Waals surface area (Å²) in [7, 11) is 0. The monoisotopic (exact) mass is 203 g/mol. The van der Waals surface area contributed by atoms with Gasteiger partial charge in [-0.2, -0.15) is 0 Å². The summed E-state index contributed by atoms with van der Waals surface area (Å²) in [5.41, 5.74) is 0. The molecule has 0 saturated carbocycles. The minimum absolute atomic E-state index is 0.285. The fourth-order valence-corrected chi connectivity index (χ4v) is 1.12. The van der Waals surface area contributed by atoms with Gasteiger partial charge in [0.1, 0.15) is 0 Å². The van der Waals surface area contributed by atoms with E-state index in [0.717, 1.165) is 19.7 Å². The molecule has 0 aliphatic rings. The first-order valence-corrected chi connectivity index (χ1v) is 5.71. The molecule has 0 saturated heterocycles. The Morgan fingerprint density at radius 1 is 1.21 bits per heavy atom. The molecule has 86 valence electrons. The first-order chi connectivity index (χ1) is 6.81. The summed E-state index contributed by atoms with van der Waals surface area (Å²) in [4.78, 5) is 0. The van der Waals surface area contributed by atoms with E-state index in [-0.39, 0.29) is 6.10 Å². The Bertz CT molecular complexity index is 97.5. The normalized spacial score (nSPS) is 13.1. The predicted molar refractivity (Wildman–Crippen MR) is 59.7 cm³/mol. The smallest absolute Gasteiger partial charge is 0.0704 e. The third-order valence-corrected chi connectivity index (χ3v) is 1.97. The molecule has 3 heteroatoms. The van der Waals surface area contributed by atoms with Crippen LogP contribution in [0.4, 0.5) is 0 Å². The number of rotatable bonds is 10. The second-order valence-electron chi connectivity index (χ2n) is 3.44. The van der Waals surface area contributed by atoms with Crippen LogP contribution in [-0.4, -0.2) is 39.0 Å². The van der Waals surface area contributed by atoms with Gasteiger partial charge < -0.3 is 14.8 Å². The lowest BCUT2D eigenvalue weighted by Gasteiger charge is -2.13. The summed E-state index contributed by atoms with van der Waals surface area (Å²) in [5, 5.41) is 3.36. The summed E-state index contributed by atoms with van der Waals surface area (Å²) < 4.78 is 10.7. The largest absolute Gasteiger partial charge is 0.379 e. The summed E-state index contributed by atoms with van der Waals surface area (Å²) >= 11 is 0. The number of nitrogens with one attached hydrogen (secondary N) is 1. The second kappa shape index (κ2) is 11.0. The van der Waals surface area contributed by atoms with Gasteiger partial charge in [0.05, 0.1) is 19.3 Å². The third kappa shape index (κ3) is 9.96. The molecule has 0 heterocycles. The first kappa shape index (κ1) is 13.9. The highest BCUT2D eigenvalue weighted by Crippen LogP contribution is 1.90. The van der Waals surface area contributed by atoms with Crippen LogP contribution in [-0.2, 0) is 9.47 Å². The van der Waals surface area contributed by atoms with Crippen molar-refractivity contribution in [3.63, 3.8) is 0 Å². The highest BCUT2D eigenvalue weighted by molar-refractivity contribution is 4.55. The SMILES string of the molecule is CCCCNCC(C)OCCOCC. The first-order valence-electron chi connectivity index (χ1n) is 5.71. The van der Waals surface area contributed by atoms with Crippen LogP contribution in [0.5, 0.6) is 0 Å². The van der Waals surface area contributed by atoms with Crippen molar-refractivity contribution in [2.24, 2.45) is 0 Å².